The van der Waals surface area contributed by atoms with Crippen LogP contribution in [0.3, 0.4) is 0 Å². The zero-order valence-corrected chi connectivity index (χ0v) is 20.8. The van der Waals surface area contributed by atoms with Crippen LogP contribution in [-0.2, 0) is 15.8 Å². The third kappa shape index (κ3) is 5.73. The van der Waals surface area contributed by atoms with Gasteiger partial charge in [-0.05, 0) is 37.5 Å². The second kappa shape index (κ2) is 10.7. The third-order valence-electron chi connectivity index (χ3n) is 6.88. The van der Waals surface area contributed by atoms with Crippen LogP contribution in [-0.4, -0.2) is 58.3 Å². The second-order valence-corrected chi connectivity index (χ2v) is 9.66. The van der Waals surface area contributed by atoms with E-state index in [1.54, 1.807) is 16.7 Å². The predicted molar refractivity (Wildman–Crippen MR) is 131 cm³/mol. The van der Waals surface area contributed by atoms with Crippen molar-refractivity contribution in [1.82, 2.24) is 14.9 Å². The van der Waals surface area contributed by atoms with E-state index in [1.165, 1.54) is 6.07 Å². The predicted octanol–water partition coefficient (Wildman–Crippen LogP) is 4.15. The number of carbonyl (C=O) groups is 2. The maximum atomic E-state index is 14.7. The van der Waals surface area contributed by atoms with E-state index in [9.17, 15) is 27.2 Å². The maximum absolute atomic E-state index is 14.7. The number of Topliss-reactive ketones (excluding diaryl/α,β-unsaturated/α-hetero) is 1. The summed E-state index contributed by atoms with van der Waals surface area (Å²) in [6, 6.07) is 1.67. The topological polar surface area (TPSA) is 104 Å². The van der Waals surface area contributed by atoms with Gasteiger partial charge in [0.1, 0.15) is 18.2 Å². The number of likely N-dealkylation sites (tertiary alicyclic amines) is 1. The molecule has 3 heterocycles. The number of ketones is 1. The van der Waals surface area contributed by atoms with Gasteiger partial charge in [0.25, 0.3) is 0 Å². The van der Waals surface area contributed by atoms with E-state index in [0.29, 0.717) is 32.4 Å². The monoisotopic (exact) mass is 542 g/mol. The minimum Gasteiger partial charge on any atom is -0.381 e. The molecule has 2 saturated heterocycles. The second-order valence-electron chi connectivity index (χ2n) is 9.22. The summed E-state index contributed by atoms with van der Waals surface area (Å²) < 4.78 is 54.4. The van der Waals surface area contributed by atoms with Gasteiger partial charge in [-0.1, -0.05) is 18.5 Å². The highest BCUT2D eigenvalue weighted by atomic mass is 35.5. The number of hydrogen-bond donors (Lipinski definition) is 2. The molecule has 37 heavy (non-hydrogen) atoms. The molecule has 0 radical (unpaired) electrons. The van der Waals surface area contributed by atoms with E-state index in [0.717, 1.165) is 18.5 Å². The van der Waals surface area contributed by atoms with E-state index >= 15 is 0 Å². The molecule has 200 valence electrons. The fourth-order valence-corrected chi connectivity index (χ4v) is 5.31. The molecule has 3 atom stereocenters. The van der Waals surface area contributed by atoms with Crippen molar-refractivity contribution in [1.29, 1.82) is 0 Å². The number of nitrogens with zero attached hydrogens (tertiary/aromatic N) is 4. The van der Waals surface area contributed by atoms with Gasteiger partial charge in [-0.15, -0.1) is 0 Å². The molecule has 2 aliphatic rings. The number of hydrogen-bond acceptors (Lipinski definition) is 7. The molecule has 0 spiro atoms. The summed E-state index contributed by atoms with van der Waals surface area (Å²) in [4.78, 5) is 37.3. The first-order valence-corrected chi connectivity index (χ1v) is 12.4. The standard InChI is InChI=1S/C24H27ClF4N6O2/c1-2-19(36)16-5-7-34(22-20(26)21(30)31-12-32-22)11-18(16)35-6-3-4-17(23(35)37)33-15-9-13(24(27,28)29)8-14(25)10-15/h8-10,12,16-18,33H,2-7,11H2,1H3,(H2,30,31,32)/t16-,17+,18-/m0/s1. The van der Waals surface area contributed by atoms with Gasteiger partial charge in [0, 0.05) is 42.7 Å². The van der Waals surface area contributed by atoms with Crippen LogP contribution >= 0.6 is 11.6 Å². The Morgan fingerprint density at radius 3 is 2.68 bits per heavy atom. The van der Waals surface area contributed by atoms with Crippen molar-refractivity contribution in [3.05, 3.63) is 40.9 Å². The number of benzene rings is 1. The first-order valence-electron chi connectivity index (χ1n) is 12.0. The molecule has 2 aliphatic heterocycles. The lowest BCUT2D eigenvalue weighted by Gasteiger charge is -2.46. The van der Waals surface area contributed by atoms with Gasteiger partial charge in [0.2, 0.25) is 11.7 Å². The first-order chi connectivity index (χ1) is 17.5. The molecule has 3 N–H and O–H groups in total. The Kier molecular flexibility index (Phi) is 7.77. The average Bonchev–Trinajstić information content (AvgIpc) is 2.85. The highest BCUT2D eigenvalue weighted by Gasteiger charge is 2.43. The Balaban J connectivity index is 1.59. The molecule has 4 rings (SSSR count). The number of carbonyl (C=O) groups excluding carboxylic acids is 2. The number of alkyl halides is 3. The van der Waals surface area contributed by atoms with Gasteiger partial charge in [0.15, 0.2) is 11.6 Å². The van der Waals surface area contributed by atoms with Crippen molar-refractivity contribution in [2.24, 2.45) is 5.92 Å². The molecule has 0 unspecified atom stereocenters. The summed E-state index contributed by atoms with van der Waals surface area (Å²) in [6.45, 7) is 2.60. The molecule has 2 aromatic rings. The number of nitrogens with one attached hydrogen (secondary N) is 1. The zero-order chi connectivity index (χ0) is 26.9. The van der Waals surface area contributed by atoms with Gasteiger partial charge < -0.3 is 20.9 Å². The van der Waals surface area contributed by atoms with E-state index in [1.807, 2.05) is 0 Å². The lowest BCUT2D eigenvalue weighted by molar-refractivity contribution is -0.140. The summed E-state index contributed by atoms with van der Waals surface area (Å²) in [7, 11) is 0. The number of aromatic nitrogens is 2. The molecule has 0 saturated carbocycles. The van der Waals surface area contributed by atoms with Gasteiger partial charge in [0.05, 0.1) is 11.6 Å². The summed E-state index contributed by atoms with van der Waals surface area (Å²) in [5.74, 6) is -1.89. The van der Waals surface area contributed by atoms with Gasteiger partial charge in [-0.2, -0.15) is 17.6 Å². The lowest BCUT2D eigenvalue weighted by atomic mass is 9.84. The smallest absolute Gasteiger partial charge is 0.381 e. The molecule has 1 amide bonds. The summed E-state index contributed by atoms with van der Waals surface area (Å²) in [5, 5.41) is 2.79. The third-order valence-corrected chi connectivity index (χ3v) is 7.10. The number of rotatable bonds is 6. The van der Waals surface area contributed by atoms with Crippen LogP contribution in [0.5, 0.6) is 0 Å². The van der Waals surface area contributed by atoms with Crippen molar-refractivity contribution in [2.45, 2.75) is 50.9 Å². The minimum absolute atomic E-state index is 0.00219. The van der Waals surface area contributed by atoms with Crippen LogP contribution < -0.4 is 16.0 Å². The van der Waals surface area contributed by atoms with E-state index < -0.39 is 35.6 Å². The van der Waals surface area contributed by atoms with Crippen molar-refractivity contribution in [3.63, 3.8) is 0 Å². The van der Waals surface area contributed by atoms with Gasteiger partial charge >= 0.3 is 6.18 Å². The summed E-state index contributed by atoms with van der Waals surface area (Å²) in [6.07, 6.45) is -1.83. The Hall–Kier alpha value is -3.15. The van der Waals surface area contributed by atoms with Crippen molar-refractivity contribution in [3.8, 4) is 0 Å². The molecular formula is C24H27ClF4N6O2. The number of anilines is 3. The Morgan fingerprint density at radius 2 is 1.97 bits per heavy atom. The van der Waals surface area contributed by atoms with Crippen LogP contribution in [0.4, 0.5) is 34.9 Å². The molecule has 2 fully saturated rings. The molecule has 0 bridgehead atoms. The van der Waals surface area contributed by atoms with Crippen molar-refractivity contribution in [2.75, 3.05) is 35.6 Å². The molecule has 1 aromatic heterocycles. The van der Waals surface area contributed by atoms with E-state index in [2.05, 4.69) is 15.3 Å². The SMILES string of the molecule is CCC(=O)[C@H]1CCN(c2ncnc(N)c2F)C[C@@H]1N1CCC[C@@H](Nc2cc(Cl)cc(C(F)(F)F)c2)C1=O. The fraction of sp³-hybridized carbons (Fsp3) is 0.500. The highest BCUT2D eigenvalue weighted by Crippen LogP contribution is 2.35. The van der Waals surface area contributed by atoms with Gasteiger partial charge in [-0.25, -0.2) is 9.97 Å². The molecular weight excluding hydrogens is 516 g/mol. The van der Waals surface area contributed by atoms with Gasteiger partial charge in [-0.3, -0.25) is 9.59 Å². The number of nitrogen functional groups attached to an aromatic ring is 1. The van der Waals surface area contributed by atoms with Crippen LogP contribution in [0.2, 0.25) is 5.02 Å². The molecule has 13 heteroatoms. The Morgan fingerprint density at radius 1 is 1.22 bits per heavy atom. The normalized spacial score (nSPS) is 22.8. The highest BCUT2D eigenvalue weighted by molar-refractivity contribution is 6.31. The number of halogens is 5. The maximum Gasteiger partial charge on any atom is 0.416 e. The minimum atomic E-state index is -4.59. The zero-order valence-electron chi connectivity index (χ0n) is 20.1. The fourth-order valence-electron chi connectivity index (χ4n) is 5.07. The molecule has 1 aromatic carbocycles. The molecule has 8 nitrogen and oxygen atoms in total. The Labute approximate surface area is 216 Å². The Bertz CT molecular complexity index is 1180. The van der Waals surface area contributed by atoms with Crippen molar-refractivity contribution >= 4 is 40.6 Å². The van der Waals surface area contributed by atoms with E-state index in [4.69, 9.17) is 17.3 Å². The summed E-state index contributed by atoms with van der Waals surface area (Å²) in [5.41, 5.74) is 4.75. The van der Waals surface area contributed by atoms with Crippen LogP contribution in [0, 0.1) is 11.7 Å². The van der Waals surface area contributed by atoms with E-state index in [-0.39, 0.29) is 47.0 Å². The van der Waals surface area contributed by atoms with Crippen LogP contribution in [0.25, 0.3) is 0 Å². The number of piperidine rings is 2. The largest absolute Gasteiger partial charge is 0.416 e. The number of nitrogens with two attached hydrogens (primary N) is 1. The quantitative estimate of drug-likeness (QED) is 0.528. The first kappa shape index (κ1) is 26.9. The van der Waals surface area contributed by atoms with Crippen molar-refractivity contribution < 1.29 is 27.2 Å². The lowest BCUT2D eigenvalue weighted by Crippen LogP contribution is -2.61. The average molecular weight is 543 g/mol. The van der Waals surface area contributed by atoms with Crippen LogP contribution in [0.1, 0.15) is 38.2 Å². The molecule has 0 aliphatic carbocycles. The summed E-state index contributed by atoms with van der Waals surface area (Å²) >= 11 is 5.90. The number of amides is 1. The van der Waals surface area contributed by atoms with Crippen LogP contribution in [0.15, 0.2) is 24.5 Å².